The molecule has 0 heterocycles. The van der Waals surface area contributed by atoms with Gasteiger partial charge in [-0.2, -0.15) is 5.26 Å². The summed E-state index contributed by atoms with van der Waals surface area (Å²) in [4.78, 5) is 0. The van der Waals surface area contributed by atoms with Gasteiger partial charge in [-0.05, 0) is 46.0 Å². The number of unbranched alkanes of at least 4 members (excludes halogenated alkanes) is 2. The number of nitriles is 1. The van der Waals surface area contributed by atoms with Gasteiger partial charge >= 0.3 is 7.12 Å². The van der Waals surface area contributed by atoms with Gasteiger partial charge in [0.1, 0.15) is 0 Å². The molecule has 0 rings (SSSR count). The molecule has 0 radical (unpaired) electrons. The molecule has 0 fully saturated rings. The van der Waals surface area contributed by atoms with Gasteiger partial charge in [0.2, 0.25) is 0 Å². The lowest BCUT2D eigenvalue weighted by Gasteiger charge is -2.48. The Kier molecular flexibility index (Phi) is 12.6. The van der Waals surface area contributed by atoms with E-state index >= 15 is 0 Å². The van der Waals surface area contributed by atoms with Crippen molar-refractivity contribution >= 4 is 23.8 Å². The first-order chi connectivity index (χ1) is 13.3. The second-order valence-corrected chi connectivity index (χ2v) is 21.5. The smallest absolute Gasteiger partial charge is 0.435 e. The van der Waals surface area contributed by atoms with Crippen molar-refractivity contribution in [2.75, 3.05) is 0 Å². The molecule has 0 saturated heterocycles. The predicted octanol–water partition coefficient (Wildman–Crippen LogP) is 8.55. The molecule has 0 aromatic heterocycles. The third-order valence-corrected chi connectivity index (χ3v) is 19.2. The zero-order chi connectivity index (χ0) is 23.0. The van der Waals surface area contributed by atoms with Gasteiger partial charge in [-0.25, -0.2) is 0 Å². The summed E-state index contributed by atoms with van der Waals surface area (Å²) in [6.45, 7) is 28.1. The molecule has 0 N–H and O–H groups in total. The van der Waals surface area contributed by atoms with E-state index in [1.54, 1.807) is 0 Å². The Morgan fingerprint density at radius 3 is 1.17 bits per heavy atom. The molecule has 29 heavy (non-hydrogen) atoms. The highest BCUT2D eigenvalue weighted by Gasteiger charge is 2.51. The van der Waals surface area contributed by atoms with Crippen molar-refractivity contribution in [3.8, 4) is 6.07 Å². The zero-order valence-corrected chi connectivity index (χ0v) is 23.6. The highest BCUT2D eigenvalue weighted by molar-refractivity contribution is 6.86. The van der Waals surface area contributed by atoms with E-state index in [2.05, 4.69) is 89.2 Å². The Bertz CT molecular complexity index is 424. The van der Waals surface area contributed by atoms with E-state index in [1.807, 2.05) is 0 Å². The zero-order valence-electron chi connectivity index (χ0n) is 21.6. The molecule has 0 aromatic rings. The molecule has 0 aliphatic carbocycles. The molecule has 0 amide bonds. The first kappa shape index (κ1) is 28.9. The van der Waals surface area contributed by atoms with Crippen LogP contribution in [0.25, 0.3) is 0 Å². The van der Waals surface area contributed by atoms with Crippen LogP contribution >= 0.6 is 0 Å². The Balaban J connectivity index is 6.05. The fourth-order valence-corrected chi connectivity index (χ4v) is 16.9. The largest absolute Gasteiger partial charge is 0.453 e. The van der Waals surface area contributed by atoms with Crippen LogP contribution in [-0.4, -0.2) is 23.8 Å². The Morgan fingerprint density at radius 2 is 0.931 bits per heavy atom. The molecule has 0 spiro atoms. The van der Waals surface area contributed by atoms with E-state index < -0.39 is 16.6 Å². The lowest BCUT2D eigenvalue weighted by molar-refractivity contribution is 0.361. The highest BCUT2D eigenvalue weighted by Crippen LogP contribution is 2.46. The number of hydrogen-bond donors (Lipinski definition) is 0. The van der Waals surface area contributed by atoms with Gasteiger partial charge in [-0.1, -0.05) is 89.5 Å². The van der Waals surface area contributed by atoms with Crippen LogP contribution in [0.15, 0.2) is 0 Å². The summed E-state index contributed by atoms with van der Waals surface area (Å²) in [6, 6.07) is 2.28. The first-order valence-corrected chi connectivity index (χ1v) is 16.3. The third kappa shape index (κ3) is 6.95. The summed E-state index contributed by atoms with van der Waals surface area (Å²) in [5.74, 6) is 0. The Labute approximate surface area is 185 Å². The lowest BCUT2D eigenvalue weighted by atomic mass is 9.83. The first-order valence-electron chi connectivity index (χ1n) is 12.0. The van der Waals surface area contributed by atoms with Gasteiger partial charge in [0, 0.05) is 6.42 Å². The van der Waals surface area contributed by atoms with Gasteiger partial charge in [0.15, 0.2) is 16.6 Å². The van der Waals surface area contributed by atoms with E-state index in [1.165, 1.54) is 0 Å². The molecule has 0 aromatic carbocycles. The minimum atomic E-state index is -2.03. The maximum atomic E-state index is 8.94. The minimum Gasteiger partial charge on any atom is -0.453 e. The highest BCUT2D eigenvalue weighted by atomic mass is 28.4. The normalized spacial score (nSPS) is 13.4. The maximum absolute atomic E-state index is 8.94. The van der Waals surface area contributed by atoms with Gasteiger partial charge in [0.25, 0.3) is 0 Å². The molecule has 0 atom stereocenters. The maximum Gasteiger partial charge on any atom is 0.435 e. The second-order valence-electron chi connectivity index (χ2n) is 10.7. The summed E-state index contributed by atoms with van der Waals surface area (Å²) < 4.78 is 14.4. The average molecular weight is 440 g/mol. The molecule has 0 aliphatic heterocycles. The van der Waals surface area contributed by atoms with Crippen LogP contribution in [0.3, 0.4) is 0 Å². The molecular weight excluding hydrogens is 389 g/mol. The van der Waals surface area contributed by atoms with Gasteiger partial charge in [-0.3, -0.25) is 0 Å². The average Bonchev–Trinajstić information content (AvgIpc) is 2.58. The van der Waals surface area contributed by atoms with E-state index in [0.717, 1.165) is 19.2 Å². The number of nitrogens with zero attached hydrogens (tertiary/aromatic N) is 1. The number of rotatable bonds is 14. The quantitative estimate of drug-likeness (QED) is 0.201. The van der Waals surface area contributed by atoms with Crippen LogP contribution in [0.2, 0.25) is 39.6 Å². The van der Waals surface area contributed by atoms with Gasteiger partial charge in [-0.15, -0.1) is 0 Å². The van der Waals surface area contributed by atoms with Crippen LogP contribution in [-0.2, 0) is 8.69 Å². The standard InChI is InChI=1S/C23H50BNO2Si2/c1-18(2)28(19(3)4,20(5)6)26-24(16-14-13-15-17-25)27-29(21(7)8,22(9)10)23(11)12/h18-23H,13-16H2,1-12H3. The Morgan fingerprint density at radius 1 is 0.621 bits per heavy atom. The van der Waals surface area contributed by atoms with Crippen LogP contribution < -0.4 is 0 Å². The molecule has 3 nitrogen and oxygen atoms in total. The van der Waals surface area contributed by atoms with Crippen molar-refractivity contribution in [3.05, 3.63) is 0 Å². The van der Waals surface area contributed by atoms with Gasteiger partial charge < -0.3 is 8.69 Å². The summed E-state index contributed by atoms with van der Waals surface area (Å²) in [7, 11) is -4.19. The van der Waals surface area contributed by atoms with E-state index in [9.17, 15) is 0 Å². The van der Waals surface area contributed by atoms with Crippen LogP contribution in [0.1, 0.15) is 102 Å². The summed E-state index contributed by atoms with van der Waals surface area (Å²) in [6.07, 6.45) is 3.45. The van der Waals surface area contributed by atoms with Crippen LogP contribution in [0.5, 0.6) is 0 Å². The van der Waals surface area contributed by atoms with Crippen molar-refractivity contribution in [3.63, 3.8) is 0 Å². The molecule has 0 saturated carbocycles. The molecule has 0 bridgehead atoms. The molecule has 6 heteroatoms. The van der Waals surface area contributed by atoms with Crippen molar-refractivity contribution in [1.29, 1.82) is 5.26 Å². The van der Waals surface area contributed by atoms with Crippen LogP contribution in [0, 0.1) is 11.3 Å². The minimum absolute atomic E-state index is 0.133. The molecular formula is C23H50BNO2Si2. The number of hydrogen-bond acceptors (Lipinski definition) is 3. The van der Waals surface area contributed by atoms with Crippen molar-refractivity contribution < 1.29 is 8.69 Å². The summed E-state index contributed by atoms with van der Waals surface area (Å²) >= 11 is 0. The molecule has 170 valence electrons. The van der Waals surface area contributed by atoms with E-state index in [0.29, 0.717) is 39.7 Å². The summed E-state index contributed by atoms with van der Waals surface area (Å²) in [5.41, 5.74) is 3.26. The Hall–Kier alpha value is -0.0913. The lowest BCUT2D eigenvalue weighted by Crippen LogP contribution is -2.57. The summed E-state index contributed by atoms with van der Waals surface area (Å²) in [5, 5.41) is 8.94. The SMILES string of the molecule is CC(C)[Si](OB(CCCCC#N)O[Si](C(C)C)(C(C)C)C(C)C)(C(C)C)C(C)C. The van der Waals surface area contributed by atoms with Crippen molar-refractivity contribution in [2.24, 2.45) is 0 Å². The fraction of sp³-hybridized carbons (Fsp3) is 0.957. The monoisotopic (exact) mass is 439 g/mol. The molecule has 0 unspecified atom stereocenters. The van der Waals surface area contributed by atoms with Crippen LogP contribution in [0.4, 0.5) is 0 Å². The molecule has 0 aliphatic rings. The predicted molar refractivity (Wildman–Crippen MR) is 134 cm³/mol. The van der Waals surface area contributed by atoms with Crippen molar-refractivity contribution in [2.45, 2.75) is 142 Å². The van der Waals surface area contributed by atoms with Crippen molar-refractivity contribution in [1.82, 2.24) is 0 Å². The van der Waals surface area contributed by atoms with E-state index in [-0.39, 0.29) is 7.12 Å². The van der Waals surface area contributed by atoms with Gasteiger partial charge in [0.05, 0.1) is 6.07 Å². The van der Waals surface area contributed by atoms with E-state index in [4.69, 9.17) is 13.9 Å². The third-order valence-electron chi connectivity index (χ3n) is 7.06. The second kappa shape index (κ2) is 12.7. The fourth-order valence-electron chi connectivity index (χ4n) is 5.93. The topological polar surface area (TPSA) is 42.2 Å².